The largest absolute Gasteiger partial charge is 0.354 e. The highest BCUT2D eigenvalue weighted by Crippen LogP contribution is 2.22. The molecule has 6 heteroatoms. The third-order valence-electron chi connectivity index (χ3n) is 5.46. The number of rotatable bonds is 12. The minimum absolute atomic E-state index is 0.0755. The number of thioether (sulfide) groups is 1. The van der Waals surface area contributed by atoms with Crippen LogP contribution >= 0.6 is 23.4 Å². The highest BCUT2D eigenvalue weighted by Gasteiger charge is 2.30. The Kier molecular flexibility index (Phi) is 10.5. The van der Waals surface area contributed by atoms with Crippen molar-refractivity contribution in [2.75, 3.05) is 12.3 Å². The van der Waals surface area contributed by atoms with Crippen molar-refractivity contribution in [2.45, 2.75) is 38.1 Å². The maximum absolute atomic E-state index is 13.5. The van der Waals surface area contributed by atoms with Crippen molar-refractivity contribution >= 4 is 35.2 Å². The lowest BCUT2D eigenvalue weighted by Crippen LogP contribution is -2.51. The molecule has 3 aromatic carbocycles. The van der Waals surface area contributed by atoms with Crippen molar-refractivity contribution in [3.63, 3.8) is 0 Å². The van der Waals surface area contributed by atoms with Crippen molar-refractivity contribution in [3.05, 3.63) is 107 Å². The van der Waals surface area contributed by atoms with E-state index in [1.165, 1.54) is 5.56 Å². The second-order valence-electron chi connectivity index (χ2n) is 8.09. The van der Waals surface area contributed by atoms with Gasteiger partial charge in [-0.25, -0.2) is 0 Å². The van der Waals surface area contributed by atoms with Crippen LogP contribution < -0.4 is 5.32 Å². The van der Waals surface area contributed by atoms with Crippen LogP contribution in [0.2, 0.25) is 5.02 Å². The fourth-order valence-corrected chi connectivity index (χ4v) is 4.71. The van der Waals surface area contributed by atoms with Gasteiger partial charge in [-0.1, -0.05) is 97.4 Å². The molecule has 0 heterocycles. The molecule has 0 unspecified atom stereocenters. The number of hydrogen-bond acceptors (Lipinski definition) is 3. The lowest BCUT2D eigenvalue weighted by molar-refractivity contribution is -0.139. The van der Waals surface area contributed by atoms with E-state index in [1.807, 2.05) is 79.7 Å². The zero-order valence-corrected chi connectivity index (χ0v) is 21.0. The Hall–Kier alpha value is -2.76. The molecule has 0 aliphatic carbocycles. The summed E-state index contributed by atoms with van der Waals surface area (Å²) in [6.07, 6.45) is 1.27. The van der Waals surface area contributed by atoms with Gasteiger partial charge in [-0.2, -0.15) is 0 Å². The van der Waals surface area contributed by atoms with Gasteiger partial charge in [0.2, 0.25) is 11.8 Å². The Morgan fingerprint density at radius 3 is 2.18 bits per heavy atom. The summed E-state index contributed by atoms with van der Waals surface area (Å²) < 4.78 is 0. The first kappa shape index (κ1) is 25.9. The predicted octanol–water partition coefficient (Wildman–Crippen LogP) is 5.74. The molecule has 1 N–H and O–H groups in total. The maximum Gasteiger partial charge on any atom is 0.243 e. The van der Waals surface area contributed by atoms with Crippen LogP contribution in [0.1, 0.15) is 30.0 Å². The van der Waals surface area contributed by atoms with Gasteiger partial charge < -0.3 is 10.2 Å². The van der Waals surface area contributed by atoms with Gasteiger partial charge in [0.15, 0.2) is 0 Å². The van der Waals surface area contributed by atoms with E-state index in [0.29, 0.717) is 18.0 Å². The third-order valence-corrected chi connectivity index (χ3v) is 6.81. The summed E-state index contributed by atoms with van der Waals surface area (Å²) >= 11 is 8.00. The fraction of sp³-hybridized carbons (Fsp3) is 0.286. The number of nitrogens with one attached hydrogen (secondary N) is 1. The van der Waals surface area contributed by atoms with E-state index in [1.54, 1.807) is 16.7 Å². The third kappa shape index (κ3) is 7.93. The predicted molar refractivity (Wildman–Crippen MR) is 142 cm³/mol. The van der Waals surface area contributed by atoms with Crippen LogP contribution in [0.5, 0.6) is 0 Å². The molecule has 0 saturated heterocycles. The second kappa shape index (κ2) is 13.8. The van der Waals surface area contributed by atoms with E-state index < -0.39 is 6.04 Å². The van der Waals surface area contributed by atoms with Gasteiger partial charge >= 0.3 is 0 Å². The van der Waals surface area contributed by atoms with Crippen molar-refractivity contribution in [1.29, 1.82) is 0 Å². The van der Waals surface area contributed by atoms with Crippen molar-refractivity contribution in [2.24, 2.45) is 0 Å². The topological polar surface area (TPSA) is 49.4 Å². The number of carbonyl (C=O) groups is 2. The molecular formula is C28H31ClN2O2S. The van der Waals surface area contributed by atoms with E-state index >= 15 is 0 Å². The fourth-order valence-electron chi connectivity index (χ4n) is 3.64. The highest BCUT2D eigenvalue weighted by molar-refractivity contribution is 7.99. The van der Waals surface area contributed by atoms with Crippen LogP contribution in [-0.4, -0.2) is 35.1 Å². The molecule has 0 saturated carbocycles. The molecule has 0 radical (unpaired) electrons. The van der Waals surface area contributed by atoms with Crippen LogP contribution in [0.25, 0.3) is 0 Å². The molecule has 34 heavy (non-hydrogen) atoms. The Labute approximate surface area is 211 Å². The quantitative estimate of drug-likeness (QED) is 0.349. The zero-order chi connectivity index (χ0) is 24.2. The van der Waals surface area contributed by atoms with Crippen LogP contribution in [0, 0.1) is 0 Å². The van der Waals surface area contributed by atoms with Crippen molar-refractivity contribution < 1.29 is 9.59 Å². The Balaban J connectivity index is 1.84. The molecule has 2 amide bonds. The molecule has 4 nitrogen and oxygen atoms in total. The molecular weight excluding hydrogens is 464 g/mol. The summed E-state index contributed by atoms with van der Waals surface area (Å²) in [6, 6.07) is 26.8. The SMILES string of the molecule is CCCNC(=O)[C@@H](Cc1ccccc1)N(Cc1ccccc1Cl)C(=O)CSCc1ccccc1. The highest BCUT2D eigenvalue weighted by atomic mass is 35.5. The van der Waals surface area contributed by atoms with Crippen LogP contribution in [0.3, 0.4) is 0 Å². The molecule has 3 rings (SSSR count). The summed E-state index contributed by atoms with van der Waals surface area (Å²) in [5, 5.41) is 3.59. The summed E-state index contributed by atoms with van der Waals surface area (Å²) in [7, 11) is 0. The molecule has 3 aromatic rings. The lowest BCUT2D eigenvalue weighted by Gasteiger charge is -2.31. The smallest absolute Gasteiger partial charge is 0.243 e. The summed E-state index contributed by atoms with van der Waals surface area (Å²) in [5.41, 5.74) is 3.00. The van der Waals surface area contributed by atoms with Crippen molar-refractivity contribution in [3.8, 4) is 0 Å². The first-order valence-corrected chi connectivity index (χ1v) is 13.1. The zero-order valence-electron chi connectivity index (χ0n) is 19.5. The maximum atomic E-state index is 13.5. The number of hydrogen-bond donors (Lipinski definition) is 1. The molecule has 1 atom stereocenters. The van der Waals surface area contributed by atoms with E-state index in [4.69, 9.17) is 11.6 Å². The molecule has 0 bridgehead atoms. The van der Waals surface area contributed by atoms with E-state index in [2.05, 4.69) is 17.4 Å². The molecule has 0 aliphatic rings. The average Bonchev–Trinajstić information content (AvgIpc) is 2.87. The van der Waals surface area contributed by atoms with Crippen LogP contribution in [-0.2, 0) is 28.3 Å². The second-order valence-corrected chi connectivity index (χ2v) is 9.48. The minimum Gasteiger partial charge on any atom is -0.354 e. The van der Waals surface area contributed by atoms with Gasteiger partial charge in [0, 0.05) is 30.3 Å². The number of benzene rings is 3. The first-order valence-electron chi connectivity index (χ1n) is 11.5. The Morgan fingerprint density at radius 2 is 1.53 bits per heavy atom. The van der Waals surface area contributed by atoms with Gasteiger partial charge in [-0.3, -0.25) is 9.59 Å². The minimum atomic E-state index is -0.630. The monoisotopic (exact) mass is 494 g/mol. The molecule has 0 fully saturated rings. The molecule has 0 aromatic heterocycles. The standard InChI is InChI=1S/C28H31ClN2O2S/c1-2-17-30-28(33)26(18-22-11-5-3-6-12-22)31(19-24-15-9-10-16-25(24)29)27(32)21-34-20-23-13-7-4-8-14-23/h3-16,26H,2,17-21H2,1H3,(H,30,33)/t26-/m1/s1. The van der Waals surface area contributed by atoms with Crippen LogP contribution in [0.4, 0.5) is 0 Å². The number of amides is 2. The van der Waals surface area contributed by atoms with Crippen LogP contribution in [0.15, 0.2) is 84.9 Å². The van der Waals surface area contributed by atoms with Crippen molar-refractivity contribution in [1.82, 2.24) is 10.2 Å². The molecule has 0 aliphatic heterocycles. The first-order chi connectivity index (χ1) is 16.6. The van der Waals surface area contributed by atoms with Gasteiger partial charge in [-0.15, -0.1) is 11.8 Å². The Morgan fingerprint density at radius 1 is 0.912 bits per heavy atom. The average molecular weight is 495 g/mol. The molecule has 0 spiro atoms. The van der Waals surface area contributed by atoms with Gasteiger partial charge in [-0.05, 0) is 29.2 Å². The normalized spacial score (nSPS) is 11.6. The lowest BCUT2D eigenvalue weighted by atomic mass is 10.0. The number of nitrogens with zero attached hydrogens (tertiary/aromatic N) is 1. The van der Waals surface area contributed by atoms with E-state index in [9.17, 15) is 9.59 Å². The summed E-state index contributed by atoms with van der Waals surface area (Å²) in [5.74, 6) is 0.802. The summed E-state index contributed by atoms with van der Waals surface area (Å²) in [6.45, 7) is 2.86. The van der Waals surface area contributed by atoms with Gasteiger partial charge in [0.05, 0.1) is 5.75 Å². The van der Waals surface area contributed by atoms with Gasteiger partial charge in [0.1, 0.15) is 6.04 Å². The number of carbonyl (C=O) groups excluding carboxylic acids is 2. The Bertz CT molecular complexity index is 1050. The molecule has 178 valence electrons. The van der Waals surface area contributed by atoms with Gasteiger partial charge in [0.25, 0.3) is 0 Å². The van der Waals surface area contributed by atoms with E-state index in [-0.39, 0.29) is 24.1 Å². The summed E-state index contributed by atoms with van der Waals surface area (Å²) in [4.78, 5) is 28.5. The van der Waals surface area contributed by atoms with E-state index in [0.717, 1.165) is 23.3 Å². The number of halogens is 1.